The fourth-order valence-electron chi connectivity index (χ4n) is 2.88. The molecule has 0 saturated carbocycles. The third-order valence-corrected chi connectivity index (χ3v) is 4.25. The summed E-state index contributed by atoms with van der Waals surface area (Å²) in [7, 11) is 0. The largest absolute Gasteiger partial charge is 0.444 e. The topological polar surface area (TPSA) is 105 Å². The van der Waals surface area contributed by atoms with E-state index in [4.69, 9.17) is 4.74 Å². The van der Waals surface area contributed by atoms with Crippen molar-refractivity contribution in [3.05, 3.63) is 48.0 Å². The first-order valence-electron chi connectivity index (χ1n) is 9.17. The number of hydrogen-bond donors (Lipinski definition) is 2. The molecule has 154 valence electrons. The van der Waals surface area contributed by atoms with E-state index in [-0.39, 0.29) is 24.5 Å². The Hall–Kier alpha value is -3.07. The maximum atomic E-state index is 13.3. The molecule has 0 bridgehead atoms. The molecule has 1 saturated heterocycles. The fourth-order valence-corrected chi connectivity index (χ4v) is 2.88. The van der Waals surface area contributed by atoms with Crippen molar-refractivity contribution in [2.75, 3.05) is 13.1 Å². The smallest absolute Gasteiger partial charge is 0.410 e. The van der Waals surface area contributed by atoms with E-state index in [1.165, 1.54) is 29.4 Å². The molecule has 1 aliphatic rings. The minimum absolute atomic E-state index is 0.0644. The van der Waals surface area contributed by atoms with E-state index in [1.54, 1.807) is 32.9 Å². The van der Waals surface area contributed by atoms with Crippen LogP contribution in [0, 0.1) is 5.82 Å². The number of halogens is 1. The van der Waals surface area contributed by atoms with E-state index in [0.717, 1.165) is 0 Å². The quantitative estimate of drug-likeness (QED) is 0.814. The molecule has 2 heterocycles. The molecule has 0 unspecified atom stereocenters. The number of hydrogen-bond acceptors (Lipinski definition) is 6. The first-order valence-corrected chi connectivity index (χ1v) is 9.17. The highest BCUT2D eigenvalue weighted by molar-refractivity contribution is 5.94. The van der Waals surface area contributed by atoms with Gasteiger partial charge in [-0.3, -0.25) is 4.79 Å². The van der Waals surface area contributed by atoms with Gasteiger partial charge in [0.2, 0.25) is 0 Å². The van der Waals surface area contributed by atoms with Crippen LogP contribution in [0.25, 0.3) is 11.4 Å². The van der Waals surface area contributed by atoms with Gasteiger partial charge in [0, 0.05) is 24.5 Å². The number of carbonyl (C=O) groups excluding carboxylic acids is 2. The zero-order valence-electron chi connectivity index (χ0n) is 16.4. The van der Waals surface area contributed by atoms with E-state index in [9.17, 15) is 19.1 Å². The standard InChI is InChI=1S/C20H23FN4O4/c1-20(2,3)29-19(28)25-10-15(16(26)11-25)24-18(27)13-8-22-17(23-9-13)12-5-4-6-14(21)7-12/h4-9,15-16,26H,10-11H2,1-3H3,(H,24,27)/t15-,16+/m0/s1. The molecule has 2 atom stereocenters. The van der Waals surface area contributed by atoms with E-state index < -0.39 is 35.6 Å². The van der Waals surface area contributed by atoms with Crippen molar-refractivity contribution in [3.8, 4) is 11.4 Å². The molecule has 0 aliphatic carbocycles. The lowest BCUT2D eigenvalue weighted by molar-refractivity contribution is 0.0269. The van der Waals surface area contributed by atoms with Crippen molar-refractivity contribution in [3.63, 3.8) is 0 Å². The van der Waals surface area contributed by atoms with E-state index in [1.807, 2.05) is 0 Å². The molecule has 1 aromatic carbocycles. The van der Waals surface area contributed by atoms with Crippen LogP contribution in [0.15, 0.2) is 36.7 Å². The van der Waals surface area contributed by atoms with Gasteiger partial charge < -0.3 is 20.1 Å². The van der Waals surface area contributed by atoms with Crippen LogP contribution in [0.5, 0.6) is 0 Å². The first-order chi connectivity index (χ1) is 13.6. The van der Waals surface area contributed by atoms with Crippen LogP contribution in [0.1, 0.15) is 31.1 Å². The molecule has 2 aromatic rings. The molecule has 8 nitrogen and oxygen atoms in total. The Labute approximate surface area is 167 Å². The number of amides is 2. The molecule has 1 fully saturated rings. The predicted octanol–water partition coefficient (Wildman–Crippen LogP) is 1.99. The Morgan fingerprint density at radius 2 is 1.93 bits per heavy atom. The summed E-state index contributed by atoms with van der Waals surface area (Å²) in [4.78, 5) is 34.2. The van der Waals surface area contributed by atoms with Gasteiger partial charge in [-0.05, 0) is 32.9 Å². The van der Waals surface area contributed by atoms with Crippen LogP contribution in [-0.2, 0) is 4.74 Å². The average Bonchev–Trinajstić information content (AvgIpc) is 3.01. The van der Waals surface area contributed by atoms with Crippen LogP contribution >= 0.6 is 0 Å². The monoisotopic (exact) mass is 402 g/mol. The molecule has 9 heteroatoms. The maximum Gasteiger partial charge on any atom is 0.410 e. The number of β-amino-alcohol motifs (C(OH)–C–C–N with tert-alkyl or cyclic N) is 1. The Bertz CT molecular complexity index is 898. The van der Waals surface area contributed by atoms with Crippen molar-refractivity contribution >= 4 is 12.0 Å². The number of likely N-dealkylation sites (tertiary alicyclic amines) is 1. The molecule has 0 spiro atoms. The van der Waals surface area contributed by atoms with Gasteiger partial charge in [-0.25, -0.2) is 19.2 Å². The third kappa shape index (κ3) is 5.26. The second-order valence-electron chi connectivity index (χ2n) is 7.84. The molecule has 1 aromatic heterocycles. The van der Waals surface area contributed by atoms with Crippen LogP contribution in [-0.4, -0.2) is 62.8 Å². The summed E-state index contributed by atoms with van der Waals surface area (Å²) < 4.78 is 18.6. The highest BCUT2D eigenvalue weighted by Gasteiger charge is 2.37. The highest BCUT2D eigenvalue weighted by atomic mass is 19.1. The van der Waals surface area contributed by atoms with Gasteiger partial charge in [-0.2, -0.15) is 0 Å². The summed E-state index contributed by atoms with van der Waals surface area (Å²) >= 11 is 0. The lowest BCUT2D eigenvalue weighted by atomic mass is 10.2. The Balaban J connectivity index is 1.62. The number of aliphatic hydroxyl groups is 1. The summed E-state index contributed by atoms with van der Waals surface area (Å²) in [6.07, 6.45) is 1.19. The SMILES string of the molecule is CC(C)(C)OC(=O)N1C[C@@H](O)[C@@H](NC(=O)c2cnc(-c3cccc(F)c3)nc2)C1. The minimum atomic E-state index is -0.918. The Morgan fingerprint density at radius 3 is 2.55 bits per heavy atom. The summed E-state index contributed by atoms with van der Waals surface area (Å²) in [6, 6.07) is 5.19. The highest BCUT2D eigenvalue weighted by Crippen LogP contribution is 2.17. The van der Waals surface area contributed by atoms with Gasteiger partial charge in [0.1, 0.15) is 11.4 Å². The number of rotatable bonds is 3. The number of nitrogens with zero attached hydrogens (tertiary/aromatic N) is 3. The van der Waals surface area contributed by atoms with E-state index in [2.05, 4.69) is 15.3 Å². The maximum absolute atomic E-state index is 13.3. The number of nitrogens with one attached hydrogen (secondary N) is 1. The molecular weight excluding hydrogens is 379 g/mol. The van der Waals surface area contributed by atoms with Crippen LogP contribution in [0.2, 0.25) is 0 Å². The molecule has 3 rings (SSSR count). The van der Waals surface area contributed by atoms with Gasteiger partial charge >= 0.3 is 6.09 Å². The summed E-state index contributed by atoms with van der Waals surface area (Å²) in [5.41, 5.74) is 0.0358. The first kappa shape index (κ1) is 20.7. The lowest BCUT2D eigenvalue weighted by Crippen LogP contribution is -2.43. The number of benzene rings is 1. The summed E-state index contributed by atoms with van der Waals surface area (Å²) in [5.74, 6) is -0.596. The fraction of sp³-hybridized carbons (Fsp3) is 0.400. The third-order valence-electron chi connectivity index (χ3n) is 4.25. The van der Waals surface area contributed by atoms with Crippen LogP contribution in [0.4, 0.5) is 9.18 Å². The van der Waals surface area contributed by atoms with E-state index >= 15 is 0 Å². The number of ether oxygens (including phenoxy) is 1. The van der Waals surface area contributed by atoms with Crippen LogP contribution < -0.4 is 5.32 Å². The van der Waals surface area contributed by atoms with Gasteiger partial charge in [0.05, 0.1) is 24.3 Å². The molecule has 1 aliphatic heterocycles. The average molecular weight is 402 g/mol. The minimum Gasteiger partial charge on any atom is -0.444 e. The molecule has 2 N–H and O–H groups in total. The second-order valence-corrected chi connectivity index (χ2v) is 7.84. The number of aliphatic hydroxyl groups excluding tert-OH is 1. The number of carbonyl (C=O) groups is 2. The lowest BCUT2D eigenvalue weighted by Gasteiger charge is -2.24. The van der Waals surface area contributed by atoms with Gasteiger partial charge in [0.15, 0.2) is 5.82 Å². The Morgan fingerprint density at radius 1 is 1.24 bits per heavy atom. The molecular formula is C20H23FN4O4. The molecule has 29 heavy (non-hydrogen) atoms. The zero-order chi connectivity index (χ0) is 21.2. The van der Waals surface area contributed by atoms with Crippen molar-refractivity contribution in [2.24, 2.45) is 0 Å². The summed E-state index contributed by atoms with van der Waals surface area (Å²) in [6.45, 7) is 5.46. The normalized spacial score (nSPS) is 19.1. The predicted molar refractivity (Wildman–Crippen MR) is 102 cm³/mol. The zero-order valence-corrected chi connectivity index (χ0v) is 16.4. The Kier molecular flexibility index (Phi) is 5.78. The van der Waals surface area contributed by atoms with Crippen molar-refractivity contribution in [2.45, 2.75) is 38.5 Å². The number of aromatic nitrogens is 2. The van der Waals surface area contributed by atoms with Crippen molar-refractivity contribution < 1.29 is 23.8 Å². The van der Waals surface area contributed by atoms with Gasteiger partial charge in [-0.15, -0.1) is 0 Å². The van der Waals surface area contributed by atoms with Crippen molar-refractivity contribution in [1.82, 2.24) is 20.2 Å². The molecule has 0 radical (unpaired) electrons. The van der Waals surface area contributed by atoms with Crippen molar-refractivity contribution in [1.29, 1.82) is 0 Å². The summed E-state index contributed by atoms with van der Waals surface area (Å²) in [5, 5.41) is 12.9. The second kappa shape index (κ2) is 8.12. The molecule has 2 amide bonds. The van der Waals surface area contributed by atoms with Crippen LogP contribution in [0.3, 0.4) is 0 Å². The van der Waals surface area contributed by atoms with Gasteiger partial charge in [0.25, 0.3) is 5.91 Å². The van der Waals surface area contributed by atoms with E-state index in [0.29, 0.717) is 5.56 Å². The van der Waals surface area contributed by atoms with Gasteiger partial charge in [-0.1, -0.05) is 12.1 Å².